The molecule has 2 N–H and O–H groups in total. The van der Waals surface area contributed by atoms with Crippen molar-refractivity contribution in [2.24, 2.45) is 0 Å². The number of ether oxygens (including phenoxy) is 1. The first-order chi connectivity index (χ1) is 9.50. The maximum atomic E-state index is 12.4. The monoisotopic (exact) mass is 282 g/mol. The van der Waals surface area contributed by atoms with Crippen molar-refractivity contribution in [1.29, 1.82) is 0 Å². The Morgan fingerprint density at radius 2 is 2.05 bits per heavy atom. The van der Waals surface area contributed by atoms with Crippen LogP contribution < -0.4 is 5.32 Å². The van der Waals surface area contributed by atoms with E-state index in [4.69, 9.17) is 9.26 Å². The molecule has 110 valence electrons. The van der Waals surface area contributed by atoms with E-state index in [0.29, 0.717) is 36.7 Å². The van der Waals surface area contributed by atoms with E-state index in [1.165, 1.54) is 0 Å². The van der Waals surface area contributed by atoms with Crippen LogP contribution in [0.5, 0.6) is 0 Å². The summed E-state index contributed by atoms with van der Waals surface area (Å²) in [6.45, 7) is 4.12. The Kier molecular flexibility index (Phi) is 4.08. The van der Waals surface area contributed by atoms with Gasteiger partial charge in [0, 0.05) is 26.1 Å². The molecule has 2 heterocycles. The summed E-state index contributed by atoms with van der Waals surface area (Å²) in [4.78, 5) is 23.9. The summed E-state index contributed by atoms with van der Waals surface area (Å²) in [5.41, 5.74) is -0.406. The average Bonchev–Trinajstić information content (AvgIpc) is 2.80. The minimum absolute atomic E-state index is 0.250. The number of amides is 1. The van der Waals surface area contributed by atoms with Gasteiger partial charge in [0.2, 0.25) is 0 Å². The van der Waals surface area contributed by atoms with Gasteiger partial charge < -0.3 is 19.7 Å². The number of carboxylic acids is 1. The molecule has 0 saturated carbocycles. The number of nitrogens with zero attached hydrogens (tertiary/aromatic N) is 1. The molecule has 0 radical (unpaired) electrons. The van der Waals surface area contributed by atoms with Gasteiger partial charge in [0.15, 0.2) is 0 Å². The summed E-state index contributed by atoms with van der Waals surface area (Å²) in [7, 11) is 0. The van der Waals surface area contributed by atoms with Gasteiger partial charge in [0.1, 0.15) is 16.9 Å². The molecule has 1 saturated heterocycles. The predicted molar refractivity (Wildman–Crippen MR) is 68.5 cm³/mol. The third-order valence-electron chi connectivity index (χ3n) is 3.60. The zero-order valence-corrected chi connectivity index (χ0v) is 11.6. The highest BCUT2D eigenvalue weighted by molar-refractivity contribution is 5.99. The Hall–Kier alpha value is -1.89. The Labute approximate surface area is 116 Å². The minimum atomic E-state index is -1.27. The fourth-order valence-electron chi connectivity index (χ4n) is 2.34. The molecule has 1 fully saturated rings. The van der Waals surface area contributed by atoms with Crippen LogP contribution in [-0.4, -0.2) is 40.9 Å². The highest BCUT2D eigenvalue weighted by atomic mass is 16.5. The van der Waals surface area contributed by atoms with E-state index in [0.717, 1.165) is 0 Å². The van der Waals surface area contributed by atoms with E-state index in [1.807, 2.05) is 6.92 Å². The van der Waals surface area contributed by atoms with E-state index in [1.54, 1.807) is 6.92 Å². The zero-order valence-electron chi connectivity index (χ0n) is 11.6. The van der Waals surface area contributed by atoms with Crippen molar-refractivity contribution in [3.63, 3.8) is 0 Å². The lowest BCUT2D eigenvalue weighted by atomic mass is 9.89. The van der Waals surface area contributed by atoms with Crippen molar-refractivity contribution in [3.05, 3.63) is 17.0 Å². The summed E-state index contributed by atoms with van der Waals surface area (Å²) in [5, 5.41) is 15.9. The van der Waals surface area contributed by atoms with Crippen LogP contribution in [0.25, 0.3) is 0 Å². The number of rotatable bonds is 4. The van der Waals surface area contributed by atoms with Crippen LogP contribution >= 0.6 is 0 Å². The van der Waals surface area contributed by atoms with Crippen LogP contribution in [0, 0.1) is 6.92 Å². The van der Waals surface area contributed by atoms with E-state index in [-0.39, 0.29) is 12.8 Å². The molecule has 20 heavy (non-hydrogen) atoms. The fourth-order valence-corrected chi connectivity index (χ4v) is 2.34. The zero-order chi connectivity index (χ0) is 14.8. The second kappa shape index (κ2) is 5.62. The van der Waals surface area contributed by atoms with Crippen LogP contribution in [0.4, 0.5) is 0 Å². The number of aromatic nitrogens is 1. The first-order valence-electron chi connectivity index (χ1n) is 6.59. The van der Waals surface area contributed by atoms with Gasteiger partial charge in [-0.05, 0) is 13.3 Å². The third kappa shape index (κ3) is 2.53. The van der Waals surface area contributed by atoms with E-state index >= 15 is 0 Å². The normalized spacial score (nSPS) is 17.7. The van der Waals surface area contributed by atoms with Crippen molar-refractivity contribution in [1.82, 2.24) is 10.5 Å². The van der Waals surface area contributed by atoms with Crippen molar-refractivity contribution < 1.29 is 24.0 Å². The molecule has 0 unspecified atom stereocenters. The average molecular weight is 282 g/mol. The van der Waals surface area contributed by atoms with Gasteiger partial charge in [-0.3, -0.25) is 4.79 Å². The molecule has 0 aromatic carbocycles. The molecule has 7 heteroatoms. The van der Waals surface area contributed by atoms with Crippen LogP contribution in [0.15, 0.2) is 4.52 Å². The summed E-state index contributed by atoms with van der Waals surface area (Å²) in [6, 6.07) is 0. The highest BCUT2D eigenvalue weighted by Gasteiger charge is 2.42. The first kappa shape index (κ1) is 14.5. The molecule has 0 atom stereocenters. The van der Waals surface area contributed by atoms with Crippen LogP contribution in [0.2, 0.25) is 0 Å². The second-order valence-corrected chi connectivity index (χ2v) is 4.87. The molecule has 1 aromatic heterocycles. The SMILES string of the molecule is CCc1noc(C)c1C(=O)NC1(C(=O)O)CCOCC1. The molecule has 1 aliphatic rings. The van der Waals surface area contributed by atoms with Gasteiger partial charge >= 0.3 is 5.97 Å². The summed E-state index contributed by atoms with van der Waals surface area (Å²) in [6.07, 6.45) is 1.04. The van der Waals surface area contributed by atoms with Crippen LogP contribution in [0.3, 0.4) is 0 Å². The maximum Gasteiger partial charge on any atom is 0.329 e. The molecular weight excluding hydrogens is 264 g/mol. The number of aryl methyl sites for hydroxylation is 2. The number of carbonyl (C=O) groups excluding carboxylic acids is 1. The van der Waals surface area contributed by atoms with E-state index < -0.39 is 17.4 Å². The molecule has 7 nitrogen and oxygen atoms in total. The fraction of sp³-hybridized carbons (Fsp3) is 0.615. The second-order valence-electron chi connectivity index (χ2n) is 4.87. The van der Waals surface area contributed by atoms with Gasteiger partial charge in [0.05, 0.1) is 5.69 Å². The Morgan fingerprint density at radius 1 is 1.40 bits per heavy atom. The summed E-state index contributed by atoms with van der Waals surface area (Å²) < 4.78 is 10.2. The molecule has 2 rings (SSSR count). The largest absolute Gasteiger partial charge is 0.480 e. The molecular formula is C13H18N2O5. The van der Waals surface area contributed by atoms with Crippen molar-refractivity contribution in [2.45, 2.75) is 38.6 Å². The lowest BCUT2D eigenvalue weighted by molar-refractivity contribution is -0.148. The smallest absolute Gasteiger partial charge is 0.329 e. The van der Waals surface area contributed by atoms with Gasteiger partial charge in [-0.15, -0.1) is 0 Å². The van der Waals surface area contributed by atoms with Crippen molar-refractivity contribution >= 4 is 11.9 Å². The Balaban J connectivity index is 2.24. The number of carboxylic acid groups (broad SMARTS) is 1. The molecule has 1 amide bonds. The topological polar surface area (TPSA) is 102 Å². The van der Waals surface area contributed by atoms with Gasteiger partial charge in [-0.25, -0.2) is 4.79 Å². The molecule has 0 aliphatic carbocycles. The Morgan fingerprint density at radius 3 is 2.60 bits per heavy atom. The molecule has 1 aliphatic heterocycles. The lowest BCUT2D eigenvalue weighted by Gasteiger charge is -2.33. The minimum Gasteiger partial charge on any atom is -0.480 e. The van der Waals surface area contributed by atoms with Crippen molar-refractivity contribution in [2.75, 3.05) is 13.2 Å². The predicted octanol–water partition coefficient (Wildman–Crippen LogP) is 0.909. The Bertz CT molecular complexity index is 517. The van der Waals surface area contributed by atoms with Crippen LogP contribution in [0.1, 0.15) is 41.6 Å². The number of aliphatic carboxylic acids is 1. The van der Waals surface area contributed by atoms with E-state index in [9.17, 15) is 14.7 Å². The van der Waals surface area contributed by atoms with Crippen molar-refractivity contribution in [3.8, 4) is 0 Å². The van der Waals surface area contributed by atoms with Crippen LogP contribution in [-0.2, 0) is 16.0 Å². The van der Waals surface area contributed by atoms with Gasteiger partial charge in [0.25, 0.3) is 5.91 Å². The number of carbonyl (C=O) groups is 2. The maximum absolute atomic E-state index is 12.4. The molecule has 0 spiro atoms. The lowest BCUT2D eigenvalue weighted by Crippen LogP contribution is -2.57. The highest BCUT2D eigenvalue weighted by Crippen LogP contribution is 2.23. The van der Waals surface area contributed by atoms with Gasteiger partial charge in [-0.1, -0.05) is 12.1 Å². The summed E-state index contributed by atoms with van der Waals surface area (Å²) >= 11 is 0. The van der Waals surface area contributed by atoms with E-state index in [2.05, 4.69) is 10.5 Å². The number of hydrogen-bond donors (Lipinski definition) is 2. The summed E-state index contributed by atoms with van der Waals surface area (Å²) in [5.74, 6) is -1.10. The first-order valence-corrected chi connectivity index (χ1v) is 6.59. The quantitative estimate of drug-likeness (QED) is 0.851. The standard InChI is InChI=1S/C13H18N2O5/c1-3-9-10(8(2)20-15-9)11(16)14-13(12(17)18)4-6-19-7-5-13/h3-7H2,1-2H3,(H,14,16)(H,17,18). The third-order valence-corrected chi connectivity index (χ3v) is 3.60. The number of nitrogens with one attached hydrogen (secondary N) is 1. The molecule has 1 aromatic rings. The van der Waals surface area contributed by atoms with Gasteiger partial charge in [-0.2, -0.15) is 0 Å². The molecule has 0 bridgehead atoms. The number of hydrogen-bond acceptors (Lipinski definition) is 5.